The Balaban J connectivity index is 0.000000774. The summed E-state index contributed by atoms with van der Waals surface area (Å²) in [7, 11) is 1.68. The molecule has 4 nitrogen and oxygen atoms in total. The first-order chi connectivity index (χ1) is 10.3. The molecule has 0 unspecified atom stereocenters. The highest BCUT2D eigenvalue weighted by Gasteiger charge is 2.01. The molecule has 1 N–H and O–H groups in total. The van der Waals surface area contributed by atoms with Gasteiger partial charge >= 0.3 is 0 Å². The molecule has 5 heteroatoms. The molecule has 0 aliphatic rings. The van der Waals surface area contributed by atoms with E-state index in [9.17, 15) is 0 Å². The van der Waals surface area contributed by atoms with Crippen molar-refractivity contribution in [3.8, 4) is 5.75 Å². The Hall–Kier alpha value is -2.01. The fraction of sp³-hybridized carbons (Fsp3) is 0.250. The van der Waals surface area contributed by atoms with Crippen LogP contribution in [0.2, 0.25) is 0 Å². The molecular weight excluding hydrogens is 282 g/mol. The van der Waals surface area contributed by atoms with Gasteiger partial charge in [0.2, 0.25) is 0 Å². The number of ether oxygens (including phenoxy) is 1. The van der Waals surface area contributed by atoms with Crippen molar-refractivity contribution < 1.29 is 4.74 Å². The number of aromatic nitrogens is 3. The van der Waals surface area contributed by atoms with Crippen LogP contribution in [-0.4, -0.2) is 22.1 Å². The first-order valence-corrected chi connectivity index (χ1v) is 7.88. The standard InChI is InChI=1S/C14H13N3OS.C2H6/c1-18-11-4-2-10(3-5-11)8-19-12-6-13-14(15-7-12)17-9-16-13;1-2/h2-7,9H,8H2,1H3,(H,15,16,17);1-2H3. The first-order valence-electron chi connectivity index (χ1n) is 6.90. The molecule has 2 heterocycles. The van der Waals surface area contributed by atoms with Gasteiger partial charge in [-0.1, -0.05) is 26.0 Å². The number of hydrogen-bond donors (Lipinski definition) is 1. The lowest BCUT2D eigenvalue weighted by molar-refractivity contribution is 0.414. The molecule has 0 aliphatic heterocycles. The second-order valence-electron chi connectivity index (χ2n) is 4.08. The summed E-state index contributed by atoms with van der Waals surface area (Å²) < 4.78 is 5.14. The van der Waals surface area contributed by atoms with Gasteiger partial charge in [-0.25, -0.2) is 9.97 Å². The molecule has 0 spiro atoms. The molecule has 0 saturated carbocycles. The summed E-state index contributed by atoms with van der Waals surface area (Å²) in [5, 5.41) is 0. The maximum Gasteiger partial charge on any atom is 0.177 e. The normalized spacial score (nSPS) is 10.0. The molecule has 0 fully saturated rings. The molecule has 3 aromatic rings. The Morgan fingerprint density at radius 3 is 2.62 bits per heavy atom. The van der Waals surface area contributed by atoms with Gasteiger partial charge in [-0.3, -0.25) is 0 Å². The van der Waals surface area contributed by atoms with Gasteiger partial charge in [-0.15, -0.1) is 11.8 Å². The van der Waals surface area contributed by atoms with Gasteiger partial charge in [0.25, 0.3) is 0 Å². The number of hydrogen-bond acceptors (Lipinski definition) is 4. The number of aromatic amines is 1. The van der Waals surface area contributed by atoms with E-state index in [1.165, 1.54) is 5.56 Å². The number of rotatable bonds is 4. The van der Waals surface area contributed by atoms with Crippen LogP contribution in [0, 0.1) is 0 Å². The molecule has 21 heavy (non-hydrogen) atoms. The third kappa shape index (κ3) is 3.98. The summed E-state index contributed by atoms with van der Waals surface area (Å²) in [4.78, 5) is 12.6. The molecule has 110 valence electrons. The van der Waals surface area contributed by atoms with Crippen LogP contribution in [0.15, 0.2) is 47.8 Å². The first kappa shape index (κ1) is 15.4. The van der Waals surface area contributed by atoms with Gasteiger partial charge in [0, 0.05) is 16.8 Å². The summed E-state index contributed by atoms with van der Waals surface area (Å²) in [5.41, 5.74) is 2.99. The van der Waals surface area contributed by atoms with Crippen LogP contribution in [0.3, 0.4) is 0 Å². The van der Waals surface area contributed by atoms with E-state index in [1.54, 1.807) is 25.2 Å². The van der Waals surface area contributed by atoms with Crippen molar-refractivity contribution in [1.29, 1.82) is 0 Å². The van der Waals surface area contributed by atoms with Crippen molar-refractivity contribution in [1.82, 2.24) is 15.0 Å². The lowest BCUT2D eigenvalue weighted by Gasteiger charge is -2.03. The number of methoxy groups -OCH3 is 1. The minimum atomic E-state index is 0.758. The van der Waals surface area contributed by atoms with Crippen molar-refractivity contribution >= 4 is 22.9 Å². The van der Waals surface area contributed by atoms with Crippen LogP contribution in [0.25, 0.3) is 11.2 Å². The van der Waals surface area contributed by atoms with Crippen molar-refractivity contribution in [2.45, 2.75) is 24.5 Å². The topological polar surface area (TPSA) is 50.8 Å². The third-order valence-corrected chi connectivity index (χ3v) is 3.85. The summed E-state index contributed by atoms with van der Waals surface area (Å²) >= 11 is 1.75. The van der Waals surface area contributed by atoms with Gasteiger partial charge in [0.05, 0.1) is 19.0 Å². The monoisotopic (exact) mass is 301 g/mol. The van der Waals surface area contributed by atoms with Crippen LogP contribution in [0.1, 0.15) is 19.4 Å². The fourth-order valence-corrected chi connectivity index (χ4v) is 2.63. The number of nitrogens with zero attached hydrogens (tertiary/aromatic N) is 2. The minimum absolute atomic E-state index is 0.758. The number of thioether (sulfide) groups is 1. The van der Waals surface area contributed by atoms with Gasteiger partial charge in [0.15, 0.2) is 5.65 Å². The zero-order valence-electron chi connectivity index (χ0n) is 12.5. The van der Waals surface area contributed by atoms with Crippen LogP contribution in [0.4, 0.5) is 0 Å². The number of nitrogens with one attached hydrogen (secondary N) is 1. The molecule has 0 saturated heterocycles. The van der Waals surface area contributed by atoms with Crippen molar-refractivity contribution in [2.75, 3.05) is 7.11 Å². The SMILES string of the molecule is CC.COc1ccc(CSc2cnc3nc[nH]c3c2)cc1. The highest BCUT2D eigenvalue weighted by molar-refractivity contribution is 7.98. The zero-order chi connectivity index (χ0) is 15.1. The molecular formula is C16H19N3OS. The van der Waals surface area contributed by atoms with Gasteiger partial charge in [0.1, 0.15) is 5.75 Å². The van der Waals surface area contributed by atoms with Crippen molar-refractivity contribution in [3.63, 3.8) is 0 Å². The molecule has 2 aromatic heterocycles. The molecule has 0 aliphatic carbocycles. The number of imidazole rings is 1. The highest BCUT2D eigenvalue weighted by atomic mass is 32.2. The Labute approximate surface area is 129 Å². The van der Waals surface area contributed by atoms with Crippen LogP contribution >= 0.6 is 11.8 Å². The van der Waals surface area contributed by atoms with E-state index in [2.05, 4.69) is 33.2 Å². The summed E-state index contributed by atoms with van der Waals surface area (Å²) in [5.74, 6) is 1.79. The second-order valence-corrected chi connectivity index (χ2v) is 5.13. The summed E-state index contributed by atoms with van der Waals surface area (Å²) in [6.07, 6.45) is 3.52. The lowest BCUT2D eigenvalue weighted by atomic mass is 10.2. The van der Waals surface area contributed by atoms with Crippen molar-refractivity contribution in [2.24, 2.45) is 0 Å². The average Bonchev–Trinajstić information content (AvgIpc) is 3.03. The Morgan fingerprint density at radius 2 is 1.90 bits per heavy atom. The molecule has 0 radical (unpaired) electrons. The number of pyridine rings is 1. The second kappa shape index (κ2) is 7.69. The molecule has 0 amide bonds. The van der Waals surface area contributed by atoms with Gasteiger partial charge in [-0.2, -0.15) is 0 Å². The number of fused-ring (bicyclic) bond motifs is 1. The zero-order valence-corrected chi connectivity index (χ0v) is 13.3. The largest absolute Gasteiger partial charge is 0.497 e. The van der Waals surface area contributed by atoms with E-state index in [4.69, 9.17) is 4.74 Å². The lowest BCUT2D eigenvalue weighted by Crippen LogP contribution is -1.85. The molecule has 3 rings (SSSR count). The fourth-order valence-electron chi connectivity index (χ4n) is 1.78. The van der Waals surface area contributed by atoms with Crippen LogP contribution < -0.4 is 4.74 Å². The van der Waals surface area contributed by atoms with E-state index < -0.39 is 0 Å². The number of H-pyrrole nitrogens is 1. The Bertz CT molecular complexity index is 679. The predicted octanol–water partition coefficient (Wildman–Crippen LogP) is 4.29. The Morgan fingerprint density at radius 1 is 1.14 bits per heavy atom. The molecule has 0 bridgehead atoms. The Kier molecular flexibility index (Phi) is 5.63. The quantitative estimate of drug-likeness (QED) is 0.731. The van der Waals surface area contributed by atoms with E-state index >= 15 is 0 Å². The third-order valence-electron chi connectivity index (χ3n) is 2.81. The minimum Gasteiger partial charge on any atom is -0.497 e. The van der Waals surface area contributed by atoms with E-state index in [1.807, 2.05) is 32.2 Å². The number of benzene rings is 1. The van der Waals surface area contributed by atoms with Gasteiger partial charge < -0.3 is 9.72 Å². The maximum atomic E-state index is 5.14. The van der Waals surface area contributed by atoms with Crippen LogP contribution in [0.5, 0.6) is 5.75 Å². The highest BCUT2D eigenvalue weighted by Crippen LogP contribution is 2.24. The maximum absolute atomic E-state index is 5.14. The predicted molar refractivity (Wildman–Crippen MR) is 87.8 cm³/mol. The summed E-state index contributed by atoms with van der Waals surface area (Å²) in [6, 6.07) is 10.2. The van der Waals surface area contributed by atoms with E-state index in [0.717, 1.165) is 27.6 Å². The smallest absolute Gasteiger partial charge is 0.177 e. The summed E-state index contributed by atoms with van der Waals surface area (Å²) in [6.45, 7) is 4.00. The van der Waals surface area contributed by atoms with E-state index in [0.29, 0.717) is 0 Å². The molecule has 0 atom stereocenters. The van der Waals surface area contributed by atoms with Crippen LogP contribution in [-0.2, 0) is 5.75 Å². The van der Waals surface area contributed by atoms with Gasteiger partial charge in [-0.05, 0) is 23.8 Å². The molecule has 1 aromatic carbocycles. The van der Waals surface area contributed by atoms with E-state index in [-0.39, 0.29) is 0 Å². The average molecular weight is 301 g/mol. The van der Waals surface area contributed by atoms with Crippen molar-refractivity contribution in [3.05, 3.63) is 48.4 Å².